The summed E-state index contributed by atoms with van der Waals surface area (Å²) in [5.74, 6) is 0.128. The van der Waals surface area contributed by atoms with Gasteiger partial charge < -0.3 is 10.2 Å². The highest BCUT2D eigenvalue weighted by Gasteiger charge is 2.44. The largest absolute Gasteiger partial charge is 0.355 e. The first kappa shape index (κ1) is 17.7. The molecule has 27 heavy (non-hydrogen) atoms. The van der Waals surface area contributed by atoms with Crippen LogP contribution in [0.2, 0.25) is 0 Å². The summed E-state index contributed by atoms with van der Waals surface area (Å²) < 4.78 is 0. The molecule has 0 bridgehead atoms. The van der Waals surface area contributed by atoms with Crippen molar-refractivity contribution in [1.82, 2.24) is 15.2 Å². The van der Waals surface area contributed by atoms with Crippen LogP contribution in [-0.4, -0.2) is 41.3 Å². The Hall–Kier alpha value is -2.69. The Morgan fingerprint density at radius 2 is 1.81 bits per heavy atom. The van der Waals surface area contributed by atoms with Crippen LogP contribution >= 0.6 is 0 Å². The minimum absolute atomic E-state index is 0.00275. The van der Waals surface area contributed by atoms with Crippen LogP contribution in [0.4, 0.5) is 0 Å². The average molecular weight is 363 g/mol. The molecule has 4 rings (SSSR count). The van der Waals surface area contributed by atoms with Crippen molar-refractivity contribution in [3.8, 4) is 0 Å². The smallest absolute Gasteiger partial charge is 0.255 e. The molecule has 1 aromatic heterocycles. The van der Waals surface area contributed by atoms with E-state index in [1.54, 1.807) is 24.5 Å². The third kappa shape index (κ3) is 3.87. The van der Waals surface area contributed by atoms with E-state index in [4.69, 9.17) is 0 Å². The highest BCUT2D eigenvalue weighted by atomic mass is 16.2. The van der Waals surface area contributed by atoms with Crippen LogP contribution in [0.3, 0.4) is 0 Å². The van der Waals surface area contributed by atoms with E-state index in [2.05, 4.69) is 34.6 Å². The summed E-state index contributed by atoms with van der Waals surface area (Å²) in [7, 11) is 0. The van der Waals surface area contributed by atoms with Crippen LogP contribution in [0.1, 0.15) is 41.6 Å². The van der Waals surface area contributed by atoms with Gasteiger partial charge in [0, 0.05) is 43.4 Å². The minimum Gasteiger partial charge on any atom is -0.355 e. The van der Waals surface area contributed by atoms with Crippen molar-refractivity contribution in [2.45, 2.75) is 31.1 Å². The molecule has 1 aliphatic carbocycles. The van der Waals surface area contributed by atoms with Gasteiger partial charge in [-0.05, 0) is 43.4 Å². The minimum atomic E-state index is -0.00507. The predicted octanol–water partition coefficient (Wildman–Crippen LogP) is 2.78. The fraction of sp³-hybridized carbons (Fsp3) is 0.409. The fourth-order valence-corrected chi connectivity index (χ4v) is 3.93. The second kappa shape index (κ2) is 7.51. The van der Waals surface area contributed by atoms with Gasteiger partial charge in [0.15, 0.2) is 0 Å². The monoisotopic (exact) mass is 363 g/mol. The van der Waals surface area contributed by atoms with E-state index >= 15 is 0 Å². The Morgan fingerprint density at radius 1 is 1.07 bits per heavy atom. The summed E-state index contributed by atoms with van der Waals surface area (Å²) >= 11 is 0. The van der Waals surface area contributed by atoms with Crippen LogP contribution < -0.4 is 5.32 Å². The van der Waals surface area contributed by atoms with Gasteiger partial charge >= 0.3 is 0 Å². The number of rotatable bonds is 5. The van der Waals surface area contributed by atoms with Crippen molar-refractivity contribution in [1.29, 1.82) is 0 Å². The number of hydrogen-bond acceptors (Lipinski definition) is 3. The number of carbonyl (C=O) groups excluding carboxylic acids is 2. The van der Waals surface area contributed by atoms with Gasteiger partial charge in [0.2, 0.25) is 5.91 Å². The number of amides is 2. The van der Waals surface area contributed by atoms with E-state index in [1.807, 2.05) is 11.0 Å². The zero-order valence-corrected chi connectivity index (χ0v) is 15.4. The summed E-state index contributed by atoms with van der Waals surface area (Å²) in [6, 6.07) is 14.0. The maximum Gasteiger partial charge on any atom is 0.255 e. The molecular weight excluding hydrogens is 338 g/mol. The highest BCUT2D eigenvalue weighted by Crippen LogP contribution is 2.47. The average Bonchev–Trinajstić information content (AvgIpc) is 3.54. The van der Waals surface area contributed by atoms with Crippen LogP contribution in [0.5, 0.6) is 0 Å². The number of hydrogen-bond donors (Lipinski definition) is 1. The lowest BCUT2D eigenvalue weighted by molar-refractivity contribution is -0.126. The van der Waals surface area contributed by atoms with E-state index in [0.29, 0.717) is 25.2 Å². The standard InChI is InChI=1S/C22H25N3O2/c26-20(24-16-22(10-11-22)19-6-2-1-3-7-19)17-8-13-25(14-9-17)21(27)18-5-4-12-23-15-18/h1-7,12,15,17H,8-11,13-14,16H2,(H,24,26). The molecule has 2 amide bonds. The highest BCUT2D eigenvalue weighted by molar-refractivity contribution is 5.94. The Kier molecular flexibility index (Phi) is 4.92. The lowest BCUT2D eigenvalue weighted by Gasteiger charge is -2.31. The van der Waals surface area contributed by atoms with Crippen molar-refractivity contribution in [3.63, 3.8) is 0 Å². The molecule has 2 fully saturated rings. The lowest BCUT2D eigenvalue weighted by atomic mass is 9.93. The quantitative estimate of drug-likeness (QED) is 0.888. The van der Waals surface area contributed by atoms with Crippen molar-refractivity contribution in [3.05, 3.63) is 66.0 Å². The van der Waals surface area contributed by atoms with Gasteiger partial charge in [-0.15, -0.1) is 0 Å². The second-order valence-corrected chi connectivity index (χ2v) is 7.67. The number of likely N-dealkylation sites (tertiary alicyclic amines) is 1. The zero-order chi connectivity index (χ0) is 18.7. The molecule has 140 valence electrons. The van der Waals surface area contributed by atoms with Crippen LogP contribution in [0.25, 0.3) is 0 Å². The van der Waals surface area contributed by atoms with Gasteiger partial charge in [0.25, 0.3) is 5.91 Å². The summed E-state index contributed by atoms with van der Waals surface area (Å²) in [5, 5.41) is 3.18. The molecule has 2 aliphatic rings. The van der Waals surface area contributed by atoms with Crippen LogP contribution in [0, 0.1) is 5.92 Å². The molecule has 0 atom stereocenters. The van der Waals surface area contributed by atoms with Gasteiger partial charge in [0.1, 0.15) is 0 Å². The molecule has 5 heteroatoms. The molecule has 1 saturated heterocycles. The SMILES string of the molecule is O=C(NCC1(c2ccccc2)CC1)C1CCN(C(=O)c2cccnc2)CC1. The van der Waals surface area contributed by atoms with E-state index in [0.717, 1.165) is 25.7 Å². The number of nitrogens with one attached hydrogen (secondary N) is 1. The molecule has 5 nitrogen and oxygen atoms in total. The molecule has 1 N–H and O–H groups in total. The first-order valence-corrected chi connectivity index (χ1v) is 9.70. The number of piperidine rings is 1. The van der Waals surface area contributed by atoms with Gasteiger partial charge in [-0.3, -0.25) is 14.6 Å². The summed E-state index contributed by atoms with van der Waals surface area (Å²) in [4.78, 5) is 30.9. The lowest BCUT2D eigenvalue weighted by Crippen LogP contribution is -2.44. The Bertz CT molecular complexity index is 795. The normalized spacial score (nSPS) is 18.7. The van der Waals surface area contributed by atoms with E-state index in [9.17, 15) is 9.59 Å². The summed E-state index contributed by atoms with van der Waals surface area (Å²) in [6.07, 6.45) is 6.96. The number of aromatic nitrogens is 1. The fourth-order valence-electron chi connectivity index (χ4n) is 3.93. The van der Waals surface area contributed by atoms with Gasteiger partial charge in [-0.2, -0.15) is 0 Å². The number of benzene rings is 1. The maximum absolute atomic E-state index is 12.6. The molecule has 1 aromatic carbocycles. The van der Waals surface area contributed by atoms with Crippen molar-refractivity contribution >= 4 is 11.8 Å². The number of carbonyl (C=O) groups is 2. The topological polar surface area (TPSA) is 62.3 Å². The third-order valence-electron chi connectivity index (χ3n) is 5.90. The molecule has 0 unspecified atom stereocenters. The zero-order valence-electron chi connectivity index (χ0n) is 15.4. The van der Waals surface area contributed by atoms with E-state index in [-0.39, 0.29) is 23.1 Å². The van der Waals surface area contributed by atoms with Crippen molar-refractivity contribution in [2.75, 3.05) is 19.6 Å². The molecule has 1 saturated carbocycles. The third-order valence-corrected chi connectivity index (χ3v) is 5.90. The molecule has 2 aromatic rings. The van der Waals surface area contributed by atoms with Crippen molar-refractivity contribution < 1.29 is 9.59 Å². The summed E-state index contributed by atoms with van der Waals surface area (Å²) in [5.41, 5.74) is 2.06. The maximum atomic E-state index is 12.6. The van der Waals surface area contributed by atoms with E-state index < -0.39 is 0 Å². The molecule has 1 aliphatic heterocycles. The first-order valence-electron chi connectivity index (χ1n) is 9.70. The van der Waals surface area contributed by atoms with Gasteiger partial charge in [-0.25, -0.2) is 0 Å². The molecule has 0 radical (unpaired) electrons. The molecular formula is C22H25N3O2. The van der Waals surface area contributed by atoms with Crippen molar-refractivity contribution in [2.24, 2.45) is 5.92 Å². The summed E-state index contributed by atoms with van der Waals surface area (Å²) in [6.45, 7) is 1.95. The number of pyridine rings is 1. The molecule has 0 spiro atoms. The Labute approximate surface area is 159 Å². The second-order valence-electron chi connectivity index (χ2n) is 7.67. The first-order chi connectivity index (χ1) is 13.2. The Morgan fingerprint density at radius 3 is 2.44 bits per heavy atom. The predicted molar refractivity (Wildman–Crippen MR) is 103 cm³/mol. The van der Waals surface area contributed by atoms with E-state index in [1.165, 1.54) is 5.56 Å². The van der Waals surface area contributed by atoms with Gasteiger partial charge in [0.05, 0.1) is 5.56 Å². The van der Waals surface area contributed by atoms with Gasteiger partial charge in [-0.1, -0.05) is 30.3 Å². The Balaban J connectivity index is 1.27. The van der Waals surface area contributed by atoms with Crippen LogP contribution in [-0.2, 0) is 10.2 Å². The number of nitrogens with zero attached hydrogens (tertiary/aromatic N) is 2. The van der Waals surface area contributed by atoms with Crippen LogP contribution in [0.15, 0.2) is 54.9 Å². The molecule has 2 heterocycles.